The first-order valence-corrected chi connectivity index (χ1v) is 16.8. The molecular formula is C39H38N4O6. The number of aldehydes is 1. The van der Waals surface area contributed by atoms with Crippen molar-refractivity contribution in [3.05, 3.63) is 112 Å². The van der Waals surface area contributed by atoms with Gasteiger partial charge in [0, 0.05) is 29.5 Å². The van der Waals surface area contributed by atoms with Crippen LogP contribution >= 0.6 is 0 Å². The molecule has 0 aliphatic carbocycles. The normalized spacial score (nSPS) is 21.4. The van der Waals surface area contributed by atoms with Crippen molar-refractivity contribution in [1.82, 2.24) is 15.6 Å². The van der Waals surface area contributed by atoms with Crippen LogP contribution in [0.5, 0.6) is 5.75 Å². The number of aromatic nitrogens is 1. The summed E-state index contributed by atoms with van der Waals surface area (Å²) >= 11 is 0. The number of carbonyl (C=O) groups excluding carboxylic acids is 3. The van der Waals surface area contributed by atoms with E-state index in [0.717, 1.165) is 52.8 Å². The van der Waals surface area contributed by atoms with E-state index in [4.69, 9.17) is 13.9 Å². The fourth-order valence-corrected chi connectivity index (χ4v) is 6.92. The first kappa shape index (κ1) is 32.0. The van der Waals surface area contributed by atoms with Crippen LogP contribution in [0.15, 0.2) is 71.1 Å². The number of anilines is 1. The molecule has 0 fully saturated rings. The van der Waals surface area contributed by atoms with Crippen LogP contribution in [-0.4, -0.2) is 35.5 Å². The molecule has 250 valence electrons. The Kier molecular flexibility index (Phi) is 8.59. The number of nitrogens with zero attached hydrogens (tertiary/aromatic N) is 1. The van der Waals surface area contributed by atoms with E-state index < -0.39 is 35.7 Å². The number of hydrogen-bond donors (Lipinski definition) is 3. The van der Waals surface area contributed by atoms with Crippen molar-refractivity contribution in [2.24, 2.45) is 5.92 Å². The number of nitrogens with one attached hydrogen (secondary N) is 3. The number of para-hydroxylation sites is 1. The molecule has 1 spiro atoms. The minimum absolute atomic E-state index is 0.0562. The van der Waals surface area contributed by atoms with Gasteiger partial charge in [0.2, 0.25) is 11.8 Å². The number of carbonyl (C=O) groups is 3. The molecule has 3 N–H and O–H groups in total. The third-order valence-corrected chi connectivity index (χ3v) is 9.38. The Bertz CT molecular complexity index is 1980. The molecule has 0 radical (unpaired) electrons. The summed E-state index contributed by atoms with van der Waals surface area (Å²) in [5.41, 5.74) is 3.86. The summed E-state index contributed by atoms with van der Waals surface area (Å²) in [5, 5.41) is 9.38. The van der Waals surface area contributed by atoms with E-state index in [1.807, 2.05) is 80.6 Å². The van der Waals surface area contributed by atoms with Gasteiger partial charge in [-0.15, -0.1) is 0 Å². The largest absolute Gasteiger partial charge is 0.469 e. The molecule has 2 amide bonds. The van der Waals surface area contributed by atoms with Gasteiger partial charge >= 0.3 is 6.09 Å². The summed E-state index contributed by atoms with van der Waals surface area (Å²) < 4.78 is 18.7. The standard InChI is InChI=1S/C39H38N4O6/c1-4-5-6-10-14-26-15-11-16-27-33(26)43-37-39(27)28-19-25(17-18-31(28)48-37)20-29(41-38(46)47-22-24-12-8-7-9-13-24)35(45)42-32(23(2)3)36-40-30(21-44)34(39)49-36/h7-9,11-13,15-19,21,23,29,32,37,43H,4-6,20,22H2,1-3H3,(H,41,46)(H,42,45)/t29-,32-,37?,39?/m0/s1. The lowest BCUT2D eigenvalue weighted by Gasteiger charge is -2.28. The highest BCUT2D eigenvalue weighted by atomic mass is 16.5. The number of ether oxygens (including phenoxy) is 2. The molecule has 49 heavy (non-hydrogen) atoms. The first-order valence-electron chi connectivity index (χ1n) is 16.8. The summed E-state index contributed by atoms with van der Waals surface area (Å²) in [5.74, 6) is 7.14. The predicted molar refractivity (Wildman–Crippen MR) is 182 cm³/mol. The zero-order valence-corrected chi connectivity index (χ0v) is 27.7. The van der Waals surface area contributed by atoms with Gasteiger partial charge in [-0.3, -0.25) is 9.59 Å². The molecule has 1 aromatic heterocycles. The Morgan fingerprint density at radius 1 is 1.12 bits per heavy atom. The van der Waals surface area contributed by atoms with Crippen molar-refractivity contribution in [3.8, 4) is 17.6 Å². The second-order valence-corrected chi connectivity index (χ2v) is 13.0. The molecule has 4 heterocycles. The molecule has 3 aliphatic heterocycles. The molecule has 4 atom stereocenters. The summed E-state index contributed by atoms with van der Waals surface area (Å²) in [6.07, 6.45) is 2.33. The van der Waals surface area contributed by atoms with Crippen molar-refractivity contribution in [3.63, 3.8) is 0 Å². The number of alkyl carbamates (subject to hydrolysis) is 1. The second-order valence-electron chi connectivity index (χ2n) is 13.0. The van der Waals surface area contributed by atoms with Gasteiger partial charge in [0.05, 0.1) is 5.69 Å². The van der Waals surface area contributed by atoms with Gasteiger partial charge in [-0.25, -0.2) is 9.78 Å². The maximum Gasteiger partial charge on any atom is 0.408 e. The summed E-state index contributed by atoms with van der Waals surface area (Å²) in [6, 6.07) is 19.2. The van der Waals surface area contributed by atoms with E-state index in [1.54, 1.807) is 0 Å². The lowest BCUT2D eigenvalue weighted by molar-refractivity contribution is -0.124. The third kappa shape index (κ3) is 5.69. The van der Waals surface area contributed by atoms with E-state index >= 15 is 0 Å². The molecule has 7 rings (SSSR count). The monoisotopic (exact) mass is 658 g/mol. The van der Waals surface area contributed by atoms with Gasteiger partial charge in [-0.2, -0.15) is 0 Å². The van der Waals surface area contributed by atoms with Crippen LogP contribution in [0.4, 0.5) is 10.5 Å². The van der Waals surface area contributed by atoms with Crippen LogP contribution in [0.25, 0.3) is 0 Å². The predicted octanol–water partition coefficient (Wildman–Crippen LogP) is 6.17. The minimum atomic E-state index is -1.09. The quantitative estimate of drug-likeness (QED) is 0.122. The van der Waals surface area contributed by atoms with Crippen molar-refractivity contribution in [2.45, 2.75) is 76.8 Å². The SMILES string of the molecule is CCCCC#Cc1cccc2c1NC1Oc3ccc4cc3C21c1oc(nc1C=O)[C@H](C(C)C)NC(=O)[C@@H](NC(=O)OCc1ccccc1)C4. The second kappa shape index (κ2) is 13.2. The highest BCUT2D eigenvalue weighted by Gasteiger charge is 2.61. The number of amides is 2. The lowest BCUT2D eigenvalue weighted by atomic mass is 9.72. The van der Waals surface area contributed by atoms with Crippen molar-refractivity contribution in [1.29, 1.82) is 0 Å². The zero-order chi connectivity index (χ0) is 34.1. The van der Waals surface area contributed by atoms with Gasteiger partial charge in [-0.05, 0) is 35.6 Å². The van der Waals surface area contributed by atoms with Crippen LogP contribution in [0, 0.1) is 17.8 Å². The van der Waals surface area contributed by atoms with Crippen LogP contribution in [0.2, 0.25) is 0 Å². The molecule has 3 aliphatic rings. The van der Waals surface area contributed by atoms with Crippen LogP contribution in [0.3, 0.4) is 0 Å². The number of rotatable bonds is 7. The number of unbranched alkanes of at least 4 members (excludes halogenated alkanes) is 2. The van der Waals surface area contributed by atoms with Gasteiger partial charge in [-0.1, -0.05) is 93.6 Å². The van der Waals surface area contributed by atoms with Crippen LogP contribution in [-0.2, 0) is 28.0 Å². The molecule has 4 bridgehead atoms. The Hall–Kier alpha value is -5.56. The average Bonchev–Trinajstić information content (AvgIpc) is 3.77. The van der Waals surface area contributed by atoms with E-state index in [9.17, 15) is 14.4 Å². The van der Waals surface area contributed by atoms with Gasteiger partial charge < -0.3 is 29.8 Å². The van der Waals surface area contributed by atoms with Crippen LogP contribution in [0.1, 0.15) is 96.0 Å². The maximum absolute atomic E-state index is 13.9. The number of fused-ring (bicyclic) bond motifs is 4. The number of oxazole rings is 1. The van der Waals surface area contributed by atoms with Gasteiger partial charge in [0.25, 0.3) is 0 Å². The highest BCUT2D eigenvalue weighted by Crippen LogP contribution is 2.59. The Balaban J connectivity index is 1.35. The molecule has 0 saturated carbocycles. The average molecular weight is 659 g/mol. The van der Waals surface area contributed by atoms with Crippen molar-refractivity contribution >= 4 is 24.0 Å². The van der Waals surface area contributed by atoms with E-state index in [-0.39, 0.29) is 30.5 Å². The molecule has 10 nitrogen and oxygen atoms in total. The molecular weight excluding hydrogens is 620 g/mol. The molecule has 3 aromatic carbocycles. The number of hydrogen-bond acceptors (Lipinski definition) is 8. The number of benzene rings is 3. The zero-order valence-electron chi connectivity index (χ0n) is 27.7. The minimum Gasteiger partial charge on any atom is -0.469 e. The lowest BCUT2D eigenvalue weighted by Crippen LogP contribution is -2.49. The van der Waals surface area contributed by atoms with Crippen molar-refractivity contribution < 1.29 is 28.3 Å². The molecule has 10 heteroatoms. The van der Waals surface area contributed by atoms with Gasteiger partial charge in [0.1, 0.15) is 35.5 Å². The molecule has 2 unspecified atom stereocenters. The van der Waals surface area contributed by atoms with E-state index in [1.165, 1.54) is 0 Å². The summed E-state index contributed by atoms with van der Waals surface area (Å²) in [7, 11) is 0. The third-order valence-electron chi connectivity index (χ3n) is 9.38. The summed E-state index contributed by atoms with van der Waals surface area (Å²) in [4.78, 5) is 44.4. The van der Waals surface area contributed by atoms with Crippen LogP contribution < -0.4 is 20.7 Å². The topological polar surface area (TPSA) is 132 Å². The Morgan fingerprint density at radius 3 is 2.73 bits per heavy atom. The highest BCUT2D eigenvalue weighted by molar-refractivity contribution is 5.87. The van der Waals surface area contributed by atoms with E-state index in [2.05, 4.69) is 39.7 Å². The summed E-state index contributed by atoms with van der Waals surface area (Å²) in [6.45, 7) is 6.04. The fourth-order valence-electron chi connectivity index (χ4n) is 6.92. The van der Waals surface area contributed by atoms with Gasteiger partial charge in [0.15, 0.2) is 18.3 Å². The Morgan fingerprint density at radius 2 is 1.96 bits per heavy atom. The first-order chi connectivity index (χ1) is 23.8. The van der Waals surface area contributed by atoms with E-state index in [0.29, 0.717) is 17.8 Å². The smallest absolute Gasteiger partial charge is 0.408 e. The fraction of sp³-hybridized carbons (Fsp3) is 0.333. The molecule has 4 aromatic rings. The maximum atomic E-state index is 13.9. The van der Waals surface area contributed by atoms with Crippen molar-refractivity contribution in [2.75, 3.05) is 5.32 Å². The molecule has 0 saturated heterocycles. The Labute approximate surface area is 285 Å².